The Morgan fingerprint density at radius 2 is 1.50 bits per heavy atom. The van der Waals surface area contributed by atoms with Gasteiger partial charge in [-0.25, -0.2) is 4.79 Å². The van der Waals surface area contributed by atoms with E-state index in [2.05, 4.69) is 5.32 Å². The van der Waals surface area contributed by atoms with Crippen LogP contribution in [0.3, 0.4) is 0 Å². The predicted molar refractivity (Wildman–Crippen MR) is 96.1 cm³/mol. The summed E-state index contributed by atoms with van der Waals surface area (Å²) in [7, 11) is 1.68. The number of amides is 2. The van der Waals surface area contributed by atoms with Crippen LogP contribution in [0.2, 0.25) is 0 Å². The zero-order valence-corrected chi connectivity index (χ0v) is 14.4. The van der Waals surface area contributed by atoms with Gasteiger partial charge in [-0.15, -0.1) is 0 Å². The molecule has 0 saturated heterocycles. The average molecular weight is 352 g/mol. The number of carbonyl (C=O) groups is 3. The Labute approximate surface area is 151 Å². The lowest BCUT2D eigenvalue weighted by molar-refractivity contribution is 0.0695. The molecule has 0 bridgehead atoms. The third-order valence-electron chi connectivity index (χ3n) is 4.27. The van der Waals surface area contributed by atoms with E-state index in [9.17, 15) is 14.4 Å². The number of hydrogen-bond donors (Lipinski definition) is 2. The maximum Gasteiger partial charge on any atom is 0.335 e. The molecule has 0 heterocycles. The van der Waals surface area contributed by atoms with Gasteiger partial charge in [0.1, 0.15) is 0 Å². The Morgan fingerprint density at radius 3 is 2.04 bits per heavy atom. The molecule has 1 fully saturated rings. The standard InChI is InChI=1S/C20H20N2O4/c1-22(12-13-2-4-16(5-3-13)20(25)26)19(24)15-8-6-14(7-9-15)18(23)21-17-10-11-17/h2-9,17H,10-12H2,1H3,(H,21,23)(H,25,26). The minimum Gasteiger partial charge on any atom is -0.478 e. The number of carbonyl (C=O) groups excluding carboxylic acids is 2. The summed E-state index contributed by atoms with van der Waals surface area (Å²) in [6, 6.07) is 13.3. The number of nitrogens with one attached hydrogen (secondary N) is 1. The van der Waals surface area contributed by atoms with Gasteiger partial charge in [0.15, 0.2) is 0 Å². The van der Waals surface area contributed by atoms with Crippen LogP contribution in [0.1, 0.15) is 49.5 Å². The molecule has 2 aromatic rings. The highest BCUT2D eigenvalue weighted by Crippen LogP contribution is 2.19. The number of benzene rings is 2. The normalized spacial score (nSPS) is 13.1. The van der Waals surface area contributed by atoms with Crippen LogP contribution < -0.4 is 5.32 Å². The number of carboxylic acids is 1. The second-order valence-corrected chi connectivity index (χ2v) is 6.49. The highest BCUT2D eigenvalue weighted by atomic mass is 16.4. The second kappa shape index (κ2) is 7.39. The number of rotatable bonds is 6. The van der Waals surface area contributed by atoms with E-state index in [1.165, 1.54) is 12.1 Å². The Bertz CT molecular complexity index is 824. The molecule has 2 amide bonds. The van der Waals surface area contributed by atoms with E-state index < -0.39 is 5.97 Å². The van der Waals surface area contributed by atoms with Gasteiger partial charge in [-0.1, -0.05) is 12.1 Å². The zero-order valence-electron chi connectivity index (χ0n) is 14.4. The van der Waals surface area contributed by atoms with Gasteiger partial charge in [-0.05, 0) is 54.8 Å². The summed E-state index contributed by atoms with van der Waals surface area (Å²) in [5.74, 6) is -1.26. The summed E-state index contributed by atoms with van der Waals surface area (Å²) < 4.78 is 0. The molecule has 0 unspecified atom stereocenters. The van der Waals surface area contributed by atoms with Gasteiger partial charge in [0.05, 0.1) is 5.56 Å². The van der Waals surface area contributed by atoms with Crippen LogP contribution in [0.25, 0.3) is 0 Å². The molecule has 0 aliphatic heterocycles. The molecule has 2 aromatic carbocycles. The van der Waals surface area contributed by atoms with Crippen molar-refractivity contribution in [1.29, 1.82) is 0 Å². The maximum atomic E-state index is 12.5. The van der Waals surface area contributed by atoms with Gasteiger partial charge in [0.25, 0.3) is 11.8 Å². The van der Waals surface area contributed by atoms with Crippen LogP contribution in [0.5, 0.6) is 0 Å². The summed E-state index contributed by atoms with van der Waals surface area (Å²) in [6.45, 7) is 0.364. The minimum atomic E-state index is -0.980. The van der Waals surface area contributed by atoms with Crippen molar-refractivity contribution in [1.82, 2.24) is 10.2 Å². The highest BCUT2D eigenvalue weighted by molar-refractivity contribution is 5.98. The molecule has 0 radical (unpaired) electrons. The van der Waals surface area contributed by atoms with E-state index in [0.29, 0.717) is 23.7 Å². The van der Waals surface area contributed by atoms with E-state index in [1.807, 2.05) is 0 Å². The smallest absolute Gasteiger partial charge is 0.335 e. The fraction of sp³-hybridized carbons (Fsp3) is 0.250. The van der Waals surface area contributed by atoms with Crippen LogP contribution in [-0.4, -0.2) is 40.9 Å². The third-order valence-corrected chi connectivity index (χ3v) is 4.27. The molecule has 1 aliphatic carbocycles. The topological polar surface area (TPSA) is 86.7 Å². The molecule has 1 saturated carbocycles. The fourth-order valence-electron chi connectivity index (χ4n) is 2.58. The summed E-state index contributed by atoms with van der Waals surface area (Å²) in [5.41, 5.74) is 2.09. The lowest BCUT2D eigenvalue weighted by Gasteiger charge is -2.17. The molecular formula is C20H20N2O4. The number of carboxylic acid groups (broad SMARTS) is 1. The van der Waals surface area contributed by atoms with Crippen molar-refractivity contribution in [2.75, 3.05) is 7.05 Å². The molecule has 0 aromatic heterocycles. The van der Waals surface area contributed by atoms with Gasteiger partial charge >= 0.3 is 5.97 Å². The van der Waals surface area contributed by atoms with E-state index in [1.54, 1.807) is 48.3 Å². The second-order valence-electron chi connectivity index (χ2n) is 6.49. The lowest BCUT2D eigenvalue weighted by Crippen LogP contribution is -2.27. The van der Waals surface area contributed by atoms with E-state index >= 15 is 0 Å². The highest BCUT2D eigenvalue weighted by Gasteiger charge is 2.23. The van der Waals surface area contributed by atoms with Crippen molar-refractivity contribution in [2.45, 2.75) is 25.4 Å². The van der Waals surface area contributed by atoms with E-state index in [0.717, 1.165) is 18.4 Å². The molecule has 0 spiro atoms. The molecule has 26 heavy (non-hydrogen) atoms. The predicted octanol–water partition coefficient (Wildman–Crippen LogP) is 2.55. The molecule has 134 valence electrons. The Hall–Kier alpha value is -3.15. The van der Waals surface area contributed by atoms with Gasteiger partial charge in [-0.3, -0.25) is 9.59 Å². The van der Waals surface area contributed by atoms with Crippen molar-refractivity contribution in [3.8, 4) is 0 Å². The maximum absolute atomic E-state index is 12.5. The first-order valence-corrected chi connectivity index (χ1v) is 8.42. The molecule has 6 heteroatoms. The molecule has 0 atom stereocenters. The van der Waals surface area contributed by atoms with Crippen LogP contribution in [0.15, 0.2) is 48.5 Å². The Balaban J connectivity index is 1.62. The fourth-order valence-corrected chi connectivity index (χ4v) is 2.58. The summed E-state index contributed by atoms with van der Waals surface area (Å²) in [4.78, 5) is 36.9. The zero-order chi connectivity index (χ0) is 18.7. The molecule has 1 aliphatic rings. The van der Waals surface area contributed by atoms with Crippen molar-refractivity contribution < 1.29 is 19.5 Å². The van der Waals surface area contributed by atoms with Crippen LogP contribution >= 0.6 is 0 Å². The first-order chi connectivity index (χ1) is 12.4. The van der Waals surface area contributed by atoms with Crippen molar-refractivity contribution in [3.63, 3.8) is 0 Å². The first kappa shape index (κ1) is 17.7. The van der Waals surface area contributed by atoms with Gasteiger partial charge in [-0.2, -0.15) is 0 Å². The number of aromatic carboxylic acids is 1. The molecule has 2 N–H and O–H groups in total. The monoisotopic (exact) mass is 352 g/mol. The quantitative estimate of drug-likeness (QED) is 0.836. The Kier molecular flexibility index (Phi) is 5.02. The van der Waals surface area contributed by atoms with E-state index in [4.69, 9.17) is 5.11 Å². The van der Waals surface area contributed by atoms with Crippen LogP contribution in [-0.2, 0) is 6.54 Å². The van der Waals surface area contributed by atoms with Crippen LogP contribution in [0, 0.1) is 0 Å². The third kappa shape index (κ3) is 4.27. The minimum absolute atomic E-state index is 0.113. The SMILES string of the molecule is CN(Cc1ccc(C(=O)O)cc1)C(=O)c1ccc(C(=O)NC2CC2)cc1. The van der Waals surface area contributed by atoms with Gasteiger partial charge in [0, 0.05) is 30.8 Å². The Morgan fingerprint density at radius 1 is 0.962 bits per heavy atom. The van der Waals surface area contributed by atoms with Crippen molar-refractivity contribution in [3.05, 3.63) is 70.8 Å². The van der Waals surface area contributed by atoms with E-state index in [-0.39, 0.29) is 17.4 Å². The van der Waals surface area contributed by atoms with Gasteiger partial charge < -0.3 is 15.3 Å². The molecule has 6 nitrogen and oxygen atoms in total. The molecular weight excluding hydrogens is 332 g/mol. The summed E-state index contributed by atoms with van der Waals surface area (Å²) in [6.07, 6.45) is 2.06. The molecule has 3 rings (SSSR count). The average Bonchev–Trinajstić information content (AvgIpc) is 3.45. The summed E-state index contributed by atoms with van der Waals surface area (Å²) >= 11 is 0. The van der Waals surface area contributed by atoms with Crippen molar-refractivity contribution >= 4 is 17.8 Å². The number of hydrogen-bond acceptors (Lipinski definition) is 3. The summed E-state index contributed by atoms with van der Waals surface area (Å²) in [5, 5.41) is 11.8. The largest absolute Gasteiger partial charge is 0.478 e. The first-order valence-electron chi connectivity index (χ1n) is 8.42. The van der Waals surface area contributed by atoms with Crippen LogP contribution in [0.4, 0.5) is 0 Å². The lowest BCUT2D eigenvalue weighted by atomic mass is 10.1. The van der Waals surface area contributed by atoms with Crippen molar-refractivity contribution in [2.24, 2.45) is 0 Å². The van der Waals surface area contributed by atoms with Gasteiger partial charge in [0.2, 0.25) is 0 Å². The number of nitrogens with zero attached hydrogens (tertiary/aromatic N) is 1.